The van der Waals surface area contributed by atoms with Crippen LogP contribution in [0.1, 0.15) is 33.1 Å². The van der Waals surface area contributed by atoms with Crippen LogP contribution in [0.5, 0.6) is 0 Å². The van der Waals surface area contributed by atoms with Crippen LogP contribution < -0.4 is 0 Å². The topological polar surface area (TPSA) is 46.5 Å². The molecule has 2 aliphatic rings. The van der Waals surface area contributed by atoms with Crippen molar-refractivity contribution >= 4 is 5.97 Å². The summed E-state index contributed by atoms with van der Waals surface area (Å²) in [6, 6.07) is 0. The van der Waals surface area contributed by atoms with Gasteiger partial charge in [-0.05, 0) is 26.7 Å². The first kappa shape index (κ1) is 13.1. The van der Waals surface area contributed by atoms with E-state index in [4.69, 9.17) is 4.74 Å². The van der Waals surface area contributed by atoms with Gasteiger partial charge in [-0.25, -0.2) is 4.79 Å². The first-order valence-corrected chi connectivity index (χ1v) is 6.38. The molecule has 3 atom stereocenters. The first-order chi connectivity index (χ1) is 8.49. The molecule has 1 aliphatic heterocycles. The minimum absolute atomic E-state index is 0.262. The number of hydrogen-bond acceptors (Lipinski definition) is 3. The average molecular weight is 248 g/mol. The molecule has 3 heteroatoms. The zero-order valence-electron chi connectivity index (χ0n) is 11.0. The lowest BCUT2D eigenvalue weighted by atomic mass is 9.84. The van der Waals surface area contributed by atoms with Crippen molar-refractivity contribution in [2.24, 2.45) is 5.92 Å². The Morgan fingerprint density at radius 3 is 2.56 bits per heavy atom. The largest absolute Gasteiger partial charge is 0.458 e. The van der Waals surface area contributed by atoms with Gasteiger partial charge in [0.25, 0.3) is 0 Å². The van der Waals surface area contributed by atoms with E-state index >= 15 is 0 Å². The molecular weight excluding hydrogens is 228 g/mol. The minimum atomic E-state index is -0.587. The highest BCUT2D eigenvalue weighted by molar-refractivity contribution is 5.91. The van der Waals surface area contributed by atoms with Crippen molar-refractivity contribution in [1.29, 1.82) is 0 Å². The maximum atomic E-state index is 11.6. The Kier molecular flexibility index (Phi) is 3.71. The molecular formula is C15H20O3. The van der Waals surface area contributed by atoms with Crippen molar-refractivity contribution in [2.45, 2.75) is 45.3 Å². The van der Waals surface area contributed by atoms with E-state index in [1.165, 1.54) is 5.57 Å². The summed E-state index contributed by atoms with van der Waals surface area (Å²) in [4.78, 5) is 11.6. The van der Waals surface area contributed by atoms with Gasteiger partial charge >= 0.3 is 5.97 Å². The molecule has 0 bridgehead atoms. The number of carbonyl (C=O) groups excluding carboxylic acids is 1. The van der Waals surface area contributed by atoms with Crippen LogP contribution in [0.2, 0.25) is 0 Å². The highest BCUT2D eigenvalue weighted by Crippen LogP contribution is 2.35. The fourth-order valence-electron chi connectivity index (χ4n) is 2.70. The third-order valence-corrected chi connectivity index (χ3v) is 3.72. The summed E-state index contributed by atoms with van der Waals surface area (Å²) in [5.74, 6) is -0.639. The highest BCUT2D eigenvalue weighted by atomic mass is 16.6. The number of hydrogen-bond donors (Lipinski definition) is 1. The standard InChI is InChI=1S/C15H20O3/c1-9-5-4-6-10(2)8-13-14(12(16)7-9)11(3)15(17)18-13/h5-6,12-14,16H,3-4,7-8H2,1-2H3. The fourth-order valence-corrected chi connectivity index (χ4v) is 2.70. The zero-order valence-corrected chi connectivity index (χ0v) is 11.0. The van der Waals surface area contributed by atoms with Gasteiger partial charge in [0.15, 0.2) is 0 Å². The number of aliphatic hydroxyl groups is 1. The number of esters is 1. The minimum Gasteiger partial charge on any atom is -0.458 e. The molecule has 1 fully saturated rings. The summed E-state index contributed by atoms with van der Waals surface area (Å²) >= 11 is 0. The molecule has 3 unspecified atom stereocenters. The molecule has 0 saturated carbocycles. The average Bonchev–Trinajstić information content (AvgIpc) is 2.53. The molecule has 1 aliphatic carbocycles. The molecule has 0 aromatic carbocycles. The van der Waals surface area contributed by atoms with Gasteiger partial charge in [0.05, 0.1) is 12.0 Å². The fraction of sp³-hybridized carbons (Fsp3) is 0.533. The second-order valence-electron chi connectivity index (χ2n) is 5.31. The smallest absolute Gasteiger partial charge is 0.334 e. The SMILES string of the molecule is C=C1C(=O)OC2CC(C)=CCC=C(C)CC(O)C12. The third-order valence-electron chi connectivity index (χ3n) is 3.72. The molecule has 3 nitrogen and oxygen atoms in total. The third kappa shape index (κ3) is 2.56. The van der Waals surface area contributed by atoms with E-state index < -0.39 is 6.10 Å². The monoisotopic (exact) mass is 248 g/mol. The molecule has 0 aromatic rings. The predicted molar refractivity (Wildman–Crippen MR) is 69.9 cm³/mol. The lowest BCUT2D eigenvalue weighted by molar-refractivity contribution is -0.139. The number of ether oxygens (including phenoxy) is 1. The molecule has 1 N–H and O–H groups in total. The van der Waals surface area contributed by atoms with Gasteiger partial charge < -0.3 is 9.84 Å². The quantitative estimate of drug-likeness (QED) is 0.407. The summed E-state index contributed by atoms with van der Waals surface area (Å²) in [5, 5.41) is 10.3. The van der Waals surface area contributed by atoms with Gasteiger partial charge in [0, 0.05) is 12.0 Å². The van der Waals surface area contributed by atoms with Gasteiger partial charge in [0.1, 0.15) is 6.10 Å². The zero-order chi connectivity index (χ0) is 13.3. The maximum Gasteiger partial charge on any atom is 0.334 e. The van der Waals surface area contributed by atoms with Crippen molar-refractivity contribution in [1.82, 2.24) is 0 Å². The Bertz CT molecular complexity index is 431. The predicted octanol–water partition coefficient (Wildman–Crippen LogP) is 2.52. The van der Waals surface area contributed by atoms with Crippen LogP contribution in [0, 0.1) is 5.92 Å². The van der Waals surface area contributed by atoms with E-state index in [1.807, 2.05) is 13.8 Å². The number of rotatable bonds is 0. The molecule has 1 heterocycles. The Morgan fingerprint density at radius 1 is 1.28 bits per heavy atom. The van der Waals surface area contributed by atoms with Crippen LogP contribution in [0.15, 0.2) is 35.5 Å². The van der Waals surface area contributed by atoms with Crippen molar-refractivity contribution < 1.29 is 14.6 Å². The van der Waals surface area contributed by atoms with Crippen LogP contribution in [-0.4, -0.2) is 23.3 Å². The summed E-state index contributed by atoms with van der Waals surface area (Å²) in [6.45, 7) is 7.81. The summed E-state index contributed by atoms with van der Waals surface area (Å²) in [5.41, 5.74) is 2.73. The highest BCUT2D eigenvalue weighted by Gasteiger charge is 2.42. The van der Waals surface area contributed by atoms with Gasteiger partial charge in [-0.1, -0.05) is 29.9 Å². The Balaban J connectivity index is 2.30. The van der Waals surface area contributed by atoms with Gasteiger partial charge in [-0.2, -0.15) is 0 Å². The van der Waals surface area contributed by atoms with Crippen LogP contribution in [0.25, 0.3) is 0 Å². The Labute approximate surface area is 108 Å². The number of carbonyl (C=O) groups is 1. The molecule has 0 aromatic heterocycles. The molecule has 2 rings (SSSR count). The summed E-state index contributed by atoms with van der Waals surface area (Å²) in [6.07, 6.45) is 5.54. The van der Waals surface area contributed by atoms with Gasteiger partial charge in [-0.15, -0.1) is 0 Å². The molecule has 0 spiro atoms. The van der Waals surface area contributed by atoms with Crippen molar-refractivity contribution in [3.05, 3.63) is 35.5 Å². The van der Waals surface area contributed by atoms with E-state index in [1.54, 1.807) is 0 Å². The van der Waals surface area contributed by atoms with Crippen molar-refractivity contribution in [3.63, 3.8) is 0 Å². The van der Waals surface area contributed by atoms with Crippen molar-refractivity contribution in [2.75, 3.05) is 0 Å². The lowest BCUT2D eigenvalue weighted by Crippen LogP contribution is -2.30. The molecule has 1 saturated heterocycles. The van der Waals surface area contributed by atoms with Crippen LogP contribution in [0.4, 0.5) is 0 Å². The number of allylic oxidation sites excluding steroid dienone is 2. The number of fused-ring (bicyclic) bond motifs is 1. The van der Waals surface area contributed by atoms with Crippen LogP contribution in [-0.2, 0) is 9.53 Å². The normalized spacial score (nSPS) is 33.4. The van der Waals surface area contributed by atoms with Crippen LogP contribution in [0.3, 0.4) is 0 Å². The summed E-state index contributed by atoms with van der Waals surface area (Å²) in [7, 11) is 0. The van der Waals surface area contributed by atoms with Gasteiger partial charge in [-0.3, -0.25) is 0 Å². The lowest BCUT2D eigenvalue weighted by Gasteiger charge is -2.24. The van der Waals surface area contributed by atoms with Crippen LogP contribution >= 0.6 is 0 Å². The maximum absolute atomic E-state index is 11.6. The number of aliphatic hydroxyl groups excluding tert-OH is 1. The Morgan fingerprint density at radius 2 is 1.89 bits per heavy atom. The summed E-state index contributed by atoms with van der Waals surface area (Å²) < 4.78 is 5.33. The first-order valence-electron chi connectivity index (χ1n) is 6.38. The van der Waals surface area contributed by atoms with Crippen molar-refractivity contribution in [3.8, 4) is 0 Å². The Hall–Kier alpha value is -1.35. The van der Waals surface area contributed by atoms with E-state index in [0.29, 0.717) is 18.4 Å². The van der Waals surface area contributed by atoms with E-state index in [-0.39, 0.29) is 18.0 Å². The second-order valence-corrected chi connectivity index (χ2v) is 5.31. The van der Waals surface area contributed by atoms with Gasteiger partial charge in [0.2, 0.25) is 0 Å². The second kappa shape index (κ2) is 5.11. The van der Waals surface area contributed by atoms with E-state index in [9.17, 15) is 9.90 Å². The molecule has 98 valence electrons. The molecule has 0 radical (unpaired) electrons. The molecule has 0 amide bonds. The van der Waals surface area contributed by atoms with E-state index in [2.05, 4.69) is 18.7 Å². The molecule has 18 heavy (non-hydrogen) atoms. The van der Waals surface area contributed by atoms with E-state index in [0.717, 1.165) is 12.0 Å².